The normalized spacial score (nSPS) is 27.6. The van der Waals surface area contributed by atoms with Gasteiger partial charge in [0, 0.05) is 24.3 Å². The highest BCUT2D eigenvalue weighted by atomic mass is 19.1. The summed E-state index contributed by atoms with van der Waals surface area (Å²) in [7, 11) is 0. The Morgan fingerprint density at radius 2 is 1.95 bits per heavy atom. The molecule has 1 aromatic rings. The van der Waals surface area contributed by atoms with Gasteiger partial charge in [0.25, 0.3) is 0 Å². The van der Waals surface area contributed by atoms with Gasteiger partial charge in [-0.05, 0) is 56.5 Å². The topological polar surface area (TPSA) is 15.3 Å². The largest absolute Gasteiger partial charge is 0.368 e. The van der Waals surface area contributed by atoms with Crippen LogP contribution in [0, 0.1) is 11.7 Å². The van der Waals surface area contributed by atoms with E-state index in [0.717, 1.165) is 25.2 Å². The first-order valence-electron chi connectivity index (χ1n) is 7.39. The van der Waals surface area contributed by atoms with Gasteiger partial charge in [-0.1, -0.05) is 13.8 Å². The minimum atomic E-state index is -0.163. The van der Waals surface area contributed by atoms with Crippen LogP contribution >= 0.6 is 0 Å². The molecule has 2 rings (SSSR count). The fourth-order valence-corrected chi connectivity index (χ4v) is 2.98. The lowest BCUT2D eigenvalue weighted by molar-refractivity contribution is 0.271. The van der Waals surface area contributed by atoms with Crippen LogP contribution in [0.4, 0.5) is 10.1 Å². The second-order valence-corrected chi connectivity index (χ2v) is 5.62. The second kappa shape index (κ2) is 6.38. The number of benzene rings is 1. The standard InChI is InChI=1S/C16H25FN2/c1-4-10-18-16-9-11-19(13(3)12(16)2)15-7-5-14(17)6-8-15/h5-8,12-13,16,18H,4,9-11H2,1-3H3. The molecule has 0 amide bonds. The molecule has 1 heterocycles. The molecule has 1 fully saturated rings. The molecule has 106 valence electrons. The fourth-order valence-electron chi connectivity index (χ4n) is 2.98. The van der Waals surface area contributed by atoms with Gasteiger partial charge in [-0.15, -0.1) is 0 Å². The molecule has 0 saturated carbocycles. The predicted octanol–water partition coefficient (Wildman–Crippen LogP) is 3.43. The molecule has 19 heavy (non-hydrogen) atoms. The van der Waals surface area contributed by atoms with Crippen molar-refractivity contribution in [1.29, 1.82) is 0 Å². The SMILES string of the molecule is CCCNC1CCN(c2ccc(F)cc2)C(C)C1C. The van der Waals surface area contributed by atoms with Crippen molar-refractivity contribution in [1.82, 2.24) is 5.32 Å². The van der Waals surface area contributed by atoms with Gasteiger partial charge >= 0.3 is 0 Å². The molecule has 3 atom stereocenters. The molecule has 1 aliphatic rings. The molecule has 1 saturated heterocycles. The lowest BCUT2D eigenvalue weighted by Gasteiger charge is -2.44. The maximum absolute atomic E-state index is 13.0. The first-order valence-corrected chi connectivity index (χ1v) is 7.39. The number of piperidine rings is 1. The number of hydrogen-bond acceptors (Lipinski definition) is 2. The van der Waals surface area contributed by atoms with Crippen LogP contribution in [-0.4, -0.2) is 25.2 Å². The third kappa shape index (κ3) is 3.27. The van der Waals surface area contributed by atoms with Gasteiger partial charge in [-0.25, -0.2) is 4.39 Å². The van der Waals surface area contributed by atoms with Crippen molar-refractivity contribution in [2.75, 3.05) is 18.0 Å². The first kappa shape index (κ1) is 14.3. The van der Waals surface area contributed by atoms with E-state index < -0.39 is 0 Å². The van der Waals surface area contributed by atoms with Crippen molar-refractivity contribution >= 4 is 5.69 Å². The van der Waals surface area contributed by atoms with Crippen molar-refractivity contribution in [3.8, 4) is 0 Å². The highest BCUT2D eigenvalue weighted by Gasteiger charge is 2.31. The Morgan fingerprint density at radius 3 is 2.58 bits per heavy atom. The van der Waals surface area contributed by atoms with E-state index >= 15 is 0 Å². The van der Waals surface area contributed by atoms with Crippen LogP contribution in [0.1, 0.15) is 33.6 Å². The van der Waals surface area contributed by atoms with E-state index in [4.69, 9.17) is 0 Å². The fraction of sp³-hybridized carbons (Fsp3) is 0.625. The van der Waals surface area contributed by atoms with E-state index in [1.807, 2.05) is 12.1 Å². The van der Waals surface area contributed by atoms with Crippen LogP contribution in [0.3, 0.4) is 0 Å². The summed E-state index contributed by atoms with van der Waals surface area (Å²) in [5, 5.41) is 3.65. The summed E-state index contributed by atoms with van der Waals surface area (Å²) in [5.74, 6) is 0.439. The maximum Gasteiger partial charge on any atom is 0.123 e. The zero-order chi connectivity index (χ0) is 13.8. The van der Waals surface area contributed by atoms with Crippen molar-refractivity contribution < 1.29 is 4.39 Å². The number of anilines is 1. The van der Waals surface area contributed by atoms with Crippen LogP contribution in [0.2, 0.25) is 0 Å². The Morgan fingerprint density at radius 1 is 1.26 bits per heavy atom. The number of halogens is 1. The summed E-state index contributed by atoms with van der Waals surface area (Å²) < 4.78 is 13.0. The molecule has 1 N–H and O–H groups in total. The van der Waals surface area contributed by atoms with Gasteiger partial charge in [0.1, 0.15) is 5.82 Å². The molecule has 3 unspecified atom stereocenters. The van der Waals surface area contributed by atoms with E-state index in [-0.39, 0.29) is 5.82 Å². The van der Waals surface area contributed by atoms with Gasteiger partial charge in [0.15, 0.2) is 0 Å². The monoisotopic (exact) mass is 264 g/mol. The van der Waals surface area contributed by atoms with Crippen molar-refractivity contribution in [3.63, 3.8) is 0 Å². The van der Waals surface area contributed by atoms with Gasteiger partial charge in [0.05, 0.1) is 0 Å². The minimum Gasteiger partial charge on any atom is -0.368 e. The molecule has 0 radical (unpaired) electrons. The molecule has 0 aromatic heterocycles. The van der Waals surface area contributed by atoms with Crippen molar-refractivity contribution in [3.05, 3.63) is 30.1 Å². The van der Waals surface area contributed by atoms with Crippen LogP contribution in [0.25, 0.3) is 0 Å². The van der Waals surface area contributed by atoms with Crippen LogP contribution in [0.5, 0.6) is 0 Å². The smallest absolute Gasteiger partial charge is 0.123 e. The number of nitrogens with one attached hydrogen (secondary N) is 1. The summed E-state index contributed by atoms with van der Waals surface area (Å²) in [5.41, 5.74) is 1.13. The quantitative estimate of drug-likeness (QED) is 0.896. The van der Waals surface area contributed by atoms with Crippen molar-refractivity contribution in [2.24, 2.45) is 5.92 Å². The number of rotatable bonds is 4. The molecular formula is C16H25FN2. The summed E-state index contributed by atoms with van der Waals surface area (Å²) in [6.07, 6.45) is 2.34. The average Bonchev–Trinajstić information content (AvgIpc) is 2.42. The number of nitrogens with zero attached hydrogens (tertiary/aromatic N) is 1. The molecule has 0 spiro atoms. The van der Waals surface area contributed by atoms with Gasteiger partial charge in [-0.3, -0.25) is 0 Å². The summed E-state index contributed by atoms with van der Waals surface area (Å²) in [4.78, 5) is 2.40. The van der Waals surface area contributed by atoms with Crippen LogP contribution in [-0.2, 0) is 0 Å². The molecule has 0 bridgehead atoms. The second-order valence-electron chi connectivity index (χ2n) is 5.62. The van der Waals surface area contributed by atoms with Crippen LogP contribution < -0.4 is 10.2 Å². The van der Waals surface area contributed by atoms with Gasteiger partial charge < -0.3 is 10.2 Å². The molecule has 1 aliphatic heterocycles. The van der Waals surface area contributed by atoms with E-state index in [1.165, 1.54) is 6.42 Å². The van der Waals surface area contributed by atoms with E-state index in [2.05, 4.69) is 31.0 Å². The zero-order valence-corrected chi connectivity index (χ0v) is 12.2. The van der Waals surface area contributed by atoms with E-state index in [9.17, 15) is 4.39 Å². The summed E-state index contributed by atoms with van der Waals surface area (Å²) >= 11 is 0. The lowest BCUT2D eigenvalue weighted by Crippen LogP contribution is -2.53. The van der Waals surface area contributed by atoms with Gasteiger partial charge in [0.2, 0.25) is 0 Å². The number of hydrogen-bond donors (Lipinski definition) is 1. The highest BCUT2D eigenvalue weighted by Crippen LogP contribution is 2.28. The Hall–Kier alpha value is -1.09. The average molecular weight is 264 g/mol. The minimum absolute atomic E-state index is 0.163. The first-order chi connectivity index (χ1) is 9.13. The lowest BCUT2D eigenvalue weighted by atomic mass is 9.86. The van der Waals surface area contributed by atoms with Crippen molar-refractivity contribution in [2.45, 2.75) is 45.7 Å². The van der Waals surface area contributed by atoms with E-state index in [1.54, 1.807) is 12.1 Å². The van der Waals surface area contributed by atoms with Gasteiger partial charge in [-0.2, -0.15) is 0 Å². The molecule has 0 aliphatic carbocycles. The summed E-state index contributed by atoms with van der Waals surface area (Å²) in [6.45, 7) is 8.92. The zero-order valence-electron chi connectivity index (χ0n) is 12.2. The Balaban J connectivity index is 2.04. The maximum atomic E-state index is 13.0. The highest BCUT2D eigenvalue weighted by molar-refractivity contribution is 5.48. The Labute approximate surface area is 116 Å². The Kier molecular flexibility index (Phi) is 4.81. The third-order valence-electron chi connectivity index (χ3n) is 4.38. The van der Waals surface area contributed by atoms with Crippen LogP contribution in [0.15, 0.2) is 24.3 Å². The molecular weight excluding hydrogens is 239 g/mol. The molecule has 1 aromatic carbocycles. The Bertz CT molecular complexity index is 390. The molecule has 2 nitrogen and oxygen atoms in total. The van der Waals surface area contributed by atoms with E-state index in [0.29, 0.717) is 18.0 Å². The molecule has 3 heteroatoms. The predicted molar refractivity (Wildman–Crippen MR) is 79.1 cm³/mol. The summed E-state index contributed by atoms with van der Waals surface area (Å²) in [6, 6.07) is 7.96. The third-order valence-corrected chi connectivity index (χ3v) is 4.38.